The fourth-order valence-electron chi connectivity index (χ4n) is 4.00. The number of methoxy groups -OCH3 is 2. The zero-order valence-electron chi connectivity index (χ0n) is 23.8. The smallest absolute Gasteiger partial charge is 0.333 e. The van der Waals surface area contributed by atoms with Crippen LogP contribution in [-0.2, 0) is 30.3 Å². The van der Waals surface area contributed by atoms with Crippen molar-refractivity contribution < 1.29 is 33.7 Å². The van der Waals surface area contributed by atoms with E-state index in [4.69, 9.17) is 19.3 Å². The molecule has 1 aliphatic carbocycles. The first-order valence-electron chi connectivity index (χ1n) is 13.4. The highest BCUT2D eigenvalue weighted by Crippen LogP contribution is 2.33. The molecule has 1 saturated carbocycles. The Hall–Kier alpha value is -2.77. The van der Waals surface area contributed by atoms with Gasteiger partial charge in [-0.3, -0.25) is 4.79 Å². The first-order chi connectivity index (χ1) is 18.3. The van der Waals surface area contributed by atoms with Crippen LogP contribution in [0, 0.1) is 17.8 Å². The van der Waals surface area contributed by atoms with E-state index in [0.717, 1.165) is 37.7 Å². The predicted octanol–water partition coefficient (Wildman–Crippen LogP) is 5.54. The lowest BCUT2D eigenvalue weighted by atomic mass is 9.76. The Morgan fingerprint density at radius 3 is 2.11 bits per heavy atom. The highest BCUT2D eigenvalue weighted by Gasteiger charge is 2.28. The maximum Gasteiger partial charge on any atom is 0.333 e. The molecule has 1 aliphatic rings. The van der Waals surface area contributed by atoms with Crippen LogP contribution in [0.15, 0.2) is 48.6 Å². The van der Waals surface area contributed by atoms with E-state index in [9.17, 15) is 14.4 Å². The summed E-state index contributed by atoms with van der Waals surface area (Å²) in [5.74, 6) is 1.48. The van der Waals surface area contributed by atoms with Gasteiger partial charge in [0.05, 0.1) is 26.9 Å². The van der Waals surface area contributed by atoms with E-state index >= 15 is 0 Å². The molecule has 38 heavy (non-hydrogen) atoms. The second-order valence-corrected chi connectivity index (χ2v) is 9.64. The van der Waals surface area contributed by atoms with E-state index in [1.54, 1.807) is 21.1 Å². The number of aryl methyl sites for hydroxylation is 1. The van der Waals surface area contributed by atoms with Crippen LogP contribution >= 0.6 is 0 Å². The van der Waals surface area contributed by atoms with Crippen molar-refractivity contribution in [2.24, 2.45) is 17.8 Å². The normalized spacial score (nSPS) is 16.9. The van der Waals surface area contributed by atoms with Crippen LogP contribution in [0.4, 0.5) is 0 Å². The van der Waals surface area contributed by atoms with Crippen molar-refractivity contribution in [1.29, 1.82) is 0 Å². The Balaban J connectivity index is 0.000000620. The standard InChI is InChI=1S/C15H24O4.C12H18O.C4H6O2/c1-11(2)15(17)19-10-14(9-18-3)13-6-4-12(8-16)5-7-13;1-3-4-5-6-11-7-9-12(13-2)10-8-11;1-4(2-5)3-6/h8,12-14H,1,4-7,9-10H2,2-3H3;7-10H,3-6H2,1-2H3;2,6H,1,3H2. The van der Waals surface area contributed by atoms with Gasteiger partial charge in [0.15, 0.2) is 0 Å². The SMILES string of the molecule is C=C(C)C(=O)OCC(COC)C1CCC(C=O)CC1.C=C(C=O)CO.CCCCCc1ccc(OC)cc1. The van der Waals surface area contributed by atoms with Crippen LogP contribution in [-0.4, -0.2) is 57.7 Å². The van der Waals surface area contributed by atoms with Gasteiger partial charge in [0.2, 0.25) is 0 Å². The fourth-order valence-corrected chi connectivity index (χ4v) is 4.00. The Morgan fingerprint density at radius 2 is 1.68 bits per heavy atom. The summed E-state index contributed by atoms with van der Waals surface area (Å²) in [7, 11) is 3.36. The van der Waals surface area contributed by atoms with Gasteiger partial charge in [0.25, 0.3) is 0 Å². The number of benzene rings is 1. The number of aldehydes is 2. The van der Waals surface area contributed by atoms with E-state index in [0.29, 0.717) is 31.0 Å². The number of ether oxygens (including phenoxy) is 3. The Bertz CT molecular complexity index is 808. The average Bonchev–Trinajstić information content (AvgIpc) is 2.95. The molecule has 0 aliphatic heterocycles. The van der Waals surface area contributed by atoms with E-state index in [-0.39, 0.29) is 30.0 Å². The third-order valence-electron chi connectivity index (χ3n) is 6.43. The Labute approximate surface area is 229 Å². The van der Waals surface area contributed by atoms with Crippen LogP contribution in [0.3, 0.4) is 0 Å². The van der Waals surface area contributed by atoms with Crippen LogP contribution in [0.2, 0.25) is 0 Å². The van der Waals surface area contributed by atoms with Crippen LogP contribution < -0.4 is 4.74 Å². The molecule has 1 fully saturated rings. The van der Waals surface area contributed by atoms with Gasteiger partial charge in [0, 0.05) is 30.1 Å². The minimum Gasteiger partial charge on any atom is -0.497 e. The first kappa shape index (κ1) is 35.2. The summed E-state index contributed by atoms with van der Waals surface area (Å²) >= 11 is 0. The quantitative estimate of drug-likeness (QED) is 0.145. The fraction of sp³-hybridized carbons (Fsp3) is 0.581. The van der Waals surface area contributed by atoms with Crippen molar-refractivity contribution >= 4 is 18.5 Å². The zero-order chi connectivity index (χ0) is 28.8. The lowest BCUT2D eigenvalue weighted by molar-refractivity contribution is -0.141. The van der Waals surface area contributed by atoms with Gasteiger partial charge in [-0.15, -0.1) is 0 Å². The summed E-state index contributed by atoms with van der Waals surface area (Å²) in [6.45, 7) is 11.3. The van der Waals surface area contributed by atoms with E-state index in [1.165, 1.54) is 31.2 Å². The van der Waals surface area contributed by atoms with Gasteiger partial charge in [0.1, 0.15) is 18.3 Å². The maximum absolute atomic E-state index is 11.4. The lowest BCUT2D eigenvalue weighted by Crippen LogP contribution is -2.29. The lowest BCUT2D eigenvalue weighted by Gasteiger charge is -2.31. The number of hydrogen-bond acceptors (Lipinski definition) is 7. The molecule has 2 rings (SSSR count). The van der Waals surface area contributed by atoms with Gasteiger partial charge >= 0.3 is 5.97 Å². The number of aliphatic hydroxyl groups excluding tert-OH is 1. The number of carbonyl (C=O) groups excluding carboxylic acids is 3. The van der Waals surface area contributed by atoms with E-state index < -0.39 is 0 Å². The van der Waals surface area contributed by atoms with Crippen molar-refractivity contribution in [1.82, 2.24) is 0 Å². The molecule has 0 radical (unpaired) electrons. The molecule has 1 unspecified atom stereocenters. The summed E-state index contributed by atoms with van der Waals surface area (Å²) in [6.07, 6.45) is 10.6. The first-order valence-corrected chi connectivity index (χ1v) is 13.4. The molecule has 0 heterocycles. The monoisotopic (exact) mass is 532 g/mol. The minimum absolute atomic E-state index is 0.206. The molecule has 214 valence electrons. The van der Waals surface area contributed by atoms with Crippen molar-refractivity contribution in [2.45, 2.75) is 65.2 Å². The van der Waals surface area contributed by atoms with Crippen molar-refractivity contribution in [3.8, 4) is 5.75 Å². The molecule has 0 bridgehead atoms. The highest BCUT2D eigenvalue weighted by atomic mass is 16.5. The number of esters is 1. The Morgan fingerprint density at radius 1 is 1.05 bits per heavy atom. The van der Waals surface area contributed by atoms with Gasteiger partial charge < -0.3 is 24.1 Å². The molecule has 7 heteroatoms. The molecular weight excluding hydrogens is 484 g/mol. The molecular formula is C31H48O7. The zero-order valence-corrected chi connectivity index (χ0v) is 23.8. The largest absolute Gasteiger partial charge is 0.497 e. The molecule has 0 amide bonds. The maximum atomic E-state index is 11.4. The molecule has 1 aromatic rings. The molecule has 1 N–H and O–H groups in total. The van der Waals surface area contributed by atoms with Crippen molar-refractivity contribution in [3.05, 3.63) is 54.1 Å². The van der Waals surface area contributed by atoms with E-state index in [1.807, 2.05) is 12.1 Å². The summed E-state index contributed by atoms with van der Waals surface area (Å²) in [5.41, 5.74) is 2.05. The third kappa shape index (κ3) is 16.2. The van der Waals surface area contributed by atoms with Crippen molar-refractivity contribution in [2.75, 3.05) is 34.0 Å². The second-order valence-electron chi connectivity index (χ2n) is 9.64. The summed E-state index contributed by atoms with van der Waals surface area (Å²) in [5, 5.41) is 8.00. The molecule has 1 atom stereocenters. The van der Waals surface area contributed by atoms with Crippen molar-refractivity contribution in [3.63, 3.8) is 0 Å². The Kier molecular flexibility index (Phi) is 20.6. The summed E-state index contributed by atoms with van der Waals surface area (Å²) < 4.78 is 15.6. The second kappa shape index (κ2) is 22.2. The summed E-state index contributed by atoms with van der Waals surface area (Å²) in [4.78, 5) is 31.6. The molecule has 0 aromatic heterocycles. The predicted molar refractivity (Wildman–Crippen MR) is 151 cm³/mol. The van der Waals surface area contributed by atoms with Gasteiger partial charge in [-0.25, -0.2) is 4.79 Å². The third-order valence-corrected chi connectivity index (χ3v) is 6.43. The average molecular weight is 533 g/mol. The van der Waals surface area contributed by atoms with Gasteiger partial charge in [-0.05, 0) is 69.1 Å². The molecule has 1 aromatic carbocycles. The highest BCUT2D eigenvalue weighted by molar-refractivity contribution is 5.86. The summed E-state index contributed by atoms with van der Waals surface area (Å²) in [6, 6.07) is 8.35. The molecule has 7 nitrogen and oxygen atoms in total. The minimum atomic E-state index is -0.345. The van der Waals surface area contributed by atoms with Crippen LogP contribution in [0.5, 0.6) is 5.75 Å². The number of aliphatic hydroxyl groups is 1. The van der Waals surface area contributed by atoms with Gasteiger partial charge in [-0.2, -0.15) is 0 Å². The van der Waals surface area contributed by atoms with Gasteiger partial charge in [-0.1, -0.05) is 45.1 Å². The van der Waals surface area contributed by atoms with Crippen LogP contribution in [0.25, 0.3) is 0 Å². The molecule has 0 saturated heterocycles. The van der Waals surface area contributed by atoms with E-state index in [2.05, 4.69) is 32.2 Å². The number of hydrogen-bond donors (Lipinski definition) is 1. The topological polar surface area (TPSA) is 99.1 Å². The van der Waals surface area contributed by atoms with Crippen LogP contribution in [0.1, 0.15) is 64.4 Å². The molecule has 0 spiro atoms. The number of unbranched alkanes of at least 4 members (excludes halogenated alkanes) is 2. The number of rotatable bonds is 14. The number of carbonyl (C=O) groups is 3.